The standard InChI is InChI=1S/C24H24F3N7O5S/c25-24(26,27)17-3-5-18(6-4-17)40(38,39)33-19(22(36)37)14-31-21(35)15-2-7-20-16(12-15)13-32-34(20)11-1-8-28-23-29-9-10-30-23/h2-7,9-10,12-13,19,33H,1,8,11,14H2,(H,31,35)(H,36,37)(H2,28,29,30)/t19-/m0/s1. The maximum atomic E-state index is 12.7. The number of carbonyl (C=O) groups is 2. The summed E-state index contributed by atoms with van der Waals surface area (Å²) in [7, 11) is -4.50. The van der Waals surface area contributed by atoms with Crippen LogP contribution in [0.4, 0.5) is 19.1 Å². The van der Waals surface area contributed by atoms with Crippen molar-refractivity contribution in [3.05, 3.63) is 72.2 Å². The highest BCUT2D eigenvalue weighted by Gasteiger charge is 2.31. The van der Waals surface area contributed by atoms with E-state index in [9.17, 15) is 36.3 Å². The summed E-state index contributed by atoms with van der Waals surface area (Å²) in [6, 6.07) is 5.58. The predicted molar refractivity (Wildman–Crippen MR) is 137 cm³/mol. The fourth-order valence-corrected chi connectivity index (χ4v) is 4.95. The number of fused-ring (bicyclic) bond motifs is 1. The quantitative estimate of drug-likeness (QED) is 0.159. The van der Waals surface area contributed by atoms with Gasteiger partial charge in [0, 0.05) is 43.0 Å². The minimum atomic E-state index is -4.66. The van der Waals surface area contributed by atoms with Crippen molar-refractivity contribution in [2.75, 3.05) is 18.4 Å². The molecule has 2 aromatic heterocycles. The summed E-state index contributed by atoms with van der Waals surface area (Å²) < 4.78 is 67.0. The lowest BCUT2D eigenvalue weighted by molar-refractivity contribution is -0.139. The van der Waals surface area contributed by atoms with Gasteiger partial charge < -0.3 is 20.7 Å². The van der Waals surface area contributed by atoms with Crippen molar-refractivity contribution in [3.8, 4) is 0 Å². The second kappa shape index (κ2) is 11.7. The van der Waals surface area contributed by atoms with Gasteiger partial charge in [-0.2, -0.15) is 23.0 Å². The Morgan fingerprint density at radius 3 is 2.52 bits per heavy atom. The number of carboxylic acid groups (broad SMARTS) is 1. The second-order valence-corrected chi connectivity index (χ2v) is 10.3. The number of anilines is 1. The molecule has 4 rings (SSSR count). The number of benzene rings is 2. The monoisotopic (exact) mass is 579 g/mol. The van der Waals surface area contributed by atoms with Gasteiger partial charge in [-0.3, -0.25) is 14.3 Å². The van der Waals surface area contributed by atoms with Gasteiger partial charge >= 0.3 is 12.1 Å². The Bertz CT molecular complexity index is 1590. The maximum Gasteiger partial charge on any atom is 0.416 e. The van der Waals surface area contributed by atoms with E-state index in [-0.39, 0.29) is 5.56 Å². The van der Waals surface area contributed by atoms with E-state index in [1.807, 2.05) is 4.72 Å². The molecular formula is C24H24F3N7O5S. The minimum Gasteiger partial charge on any atom is -0.480 e. The molecule has 1 amide bonds. The van der Waals surface area contributed by atoms with E-state index in [1.165, 1.54) is 6.07 Å². The number of sulfonamides is 1. The Hall–Kier alpha value is -4.44. The first-order valence-corrected chi connectivity index (χ1v) is 13.3. The van der Waals surface area contributed by atoms with Gasteiger partial charge in [0.1, 0.15) is 6.04 Å². The van der Waals surface area contributed by atoms with Gasteiger partial charge in [0.25, 0.3) is 5.91 Å². The molecule has 4 aromatic rings. The zero-order chi connectivity index (χ0) is 28.9. The van der Waals surface area contributed by atoms with Crippen molar-refractivity contribution < 1.29 is 36.3 Å². The predicted octanol–water partition coefficient (Wildman–Crippen LogP) is 2.44. The van der Waals surface area contributed by atoms with E-state index in [0.29, 0.717) is 48.7 Å². The highest BCUT2D eigenvalue weighted by atomic mass is 32.2. The fraction of sp³-hybridized carbons (Fsp3) is 0.250. The van der Waals surface area contributed by atoms with E-state index in [0.717, 1.165) is 11.9 Å². The molecule has 0 spiro atoms. The summed E-state index contributed by atoms with van der Waals surface area (Å²) >= 11 is 0. The number of H-pyrrole nitrogens is 1. The van der Waals surface area contributed by atoms with Crippen LogP contribution in [0.15, 0.2) is 66.0 Å². The van der Waals surface area contributed by atoms with Gasteiger partial charge in [-0.05, 0) is 48.9 Å². The maximum absolute atomic E-state index is 12.7. The number of alkyl halides is 3. The number of aliphatic carboxylic acids is 1. The number of rotatable bonds is 12. The smallest absolute Gasteiger partial charge is 0.416 e. The minimum absolute atomic E-state index is 0.196. The van der Waals surface area contributed by atoms with Crippen molar-refractivity contribution in [1.29, 1.82) is 0 Å². The van der Waals surface area contributed by atoms with Gasteiger partial charge in [0.2, 0.25) is 10.0 Å². The molecule has 212 valence electrons. The lowest BCUT2D eigenvalue weighted by Crippen LogP contribution is -2.48. The Morgan fingerprint density at radius 2 is 1.88 bits per heavy atom. The SMILES string of the molecule is O=C(NC[C@H](NS(=O)(=O)c1ccc(C(F)(F)F)cc1)C(=O)O)c1ccc2c(cnn2CCCNc2ncc[nH]2)c1. The molecule has 5 N–H and O–H groups in total. The Kier molecular flexibility index (Phi) is 8.39. The van der Waals surface area contributed by atoms with Gasteiger partial charge in [-0.1, -0.05) is 0 Å². The summed E-state index contributed by atoms with van der Waals surface area (Å²) in [5, 5.41) is 20.0. The van der Waals surface area contributed by atoms with Crippen LogP contribution in [0.1, 0.15) is 22.3 Å². The summed E-state index contributed by atoms with van der Waals surface area (Å²) in [5.41, 5.74) is -0.0818. The molecule has 1 atom stereocenters. The zero-order valence-corrected chi connectivity index (χ0v) is 21.5. The number of nitrogens with one attached hydrogen (secondary N) is 4. The molecule has 0 aliphatic carbocycles. The van der Waals surface area contributed by atoms with E-state index in [1.54, 1.807) is 35.4 Å². The second-order valence-electron chi connectivity index (χ2n) is 8.60. The number of aromatic nitrogens is 4. The molecule has 0 bridgehead atoms. The number of hydrogen-bond acceptors (Lipinski definition) is 7. The Labute approximate surface area is 225 Å². The molecule has 0 aliphatic heterocycles. The van der Waals surface area contributed by atoms with Crippen LogP contribution in [-0.4, -0.2) is 64.3 Å². The van der Waals surface area contributed by atoms with E-state index < -0.39 is 51.1 Å². The van der Waals surface area contributed by atoms with Crippen LogP contribution >= 0.6 is 0 Å². The van der Waals surface area contributed by atoms with Crippen LogP contribution in [0.25, 0.3) is 10.9 Å². The number of halogens is 3. The molecule has 2 aromatic carbocycles. The van der Waals surface area contributed by atoms with Gasteiger partial charge in [0.15, 0.2) is 5.95 Å². The van der Waals surface area contributed by atoms with Crippen molar-refractivity contribution in [2.24, 2.45) is 0 Å². The van der Waals surface area contributed by atoms with Crippen molar-refractivity contribution in [3.63, 3.8) is 0 Å². The van der Waals surface area contributed by atoms with Crippen molar-refractivity contribution in [2.45, 2.75) is 30.1 Å². The molecule has 0 fully saturated rings. The summed E-state index contributed by atoms with van der Waals surface area (Å²) in [6.45, 7) is 0.638. The highest BCUT2D eigenvalue weighted by Crippen LogP contribution is 2.29. The number of imidazole rings is 1. The third-order valence-electron chi connectivity index (χ3n) is 5.80. The van der Waals surface area contributed by atoms with Crippen LogP contribution in [0.5, 0.6) is 0 Å². The van der Waals surface area contributed by atoms with E-state index in [4.69, 9.17) is 0 Å². The van der Waals surface area contributed by atoms with Crippen LogP contribution in [0.3, 0.4) is 0 Å². The fourth-order valence-electron chi connectivity index (χ4n) is 3.76. The molecule has 0 radical (unpaired) electrons. The number of aryl methyl sites for hydroxylation is 1. The average Bonchev–Trinajstić information content (AvgIpc) is 3.58. The van der Waals surface area contributed by atoms with E-state index >= 15 is 0 Å². The third kappa shape index (κ3) is 6.95. The molecular weight excluding hydrogens is 555 g/mol. The number of nitrogens with zero attached hydrogens (tertiary/aromatic N) is 3. The van der Waals surface area contributed by atoms with Crippen molar-refractivity contribution >= 4 is 38.8 Å². The van der Waals surface area contributed by atoms with E-state index in [2.05, 4.69) is 25.7 Å². The van der Waals surface area contributed by atoms with Crippen LogP contribution in [0, 0.1) is 0 Å². The third-order valence-corrected chi connectivity index (χ3v) is 7.28. The van der Waals surface area contributed by atoms with Crippen LogP contribution < -0.4 is 15.4 Å². The lowest BCUT2D eigenvalue weighted by Gasteiger charge is -2.16. The molecule has 16 heteroatoms. The number of hydrogen-bond donors (Lipinski definition) is 5. The summed E-state index contributed by atoms with van der Waals surface area (Å²) in [5.74, 6) is -1.58. The summed E-state index contributed by atoms with van der Waals surface area (Å²) in [6.07, 6.45) is 1.02. The lowest BCUT2D eigenvalue weighted by atomic mass is 10.1. The number of carboxylic acids is 1. The largest absolute Gasteiger partial charge is 0.480 e. The van der Waals surface area contributed by atoms with Gasteiger partial charge in [-0.15, -0.1) is 0 Å². The molecule has 2 heterocycles. The number of amides is 1. The molecule has 0 aliphatic rings. The highest BCUT2D eigenvalue weighted by molar-refractivity contribution is 7.89. The first kappa shape index (κ1) is 28.6. The normalized spacial score (nSPS) is 12.8. The Morgan fingerprint density at radius 1 is 1.12 bits per heavy atom. The van der Waals surface area contributed by atoms with Crippen LogP contribution in [-0.2, 0) is 27.5 Å². The molecule has 40 heavy (non-hydrogen) atoms. The molecule has 0 saturated carbocycles. The molecule has 12 nitrogen and oxygen atoms in total. The molecule has 0 unspecified atom stereocenters. The van der Waals surface area contributed by atoms with Crippen molar-refractivity contribution in [1.82, 2.24) is 29.8 Å². The number of aromatic amines is 1. The topological polar surface area (TPSA) is 171 Å². The van der Waals surface area contributed by atoms with Crippen LogP contribution in [0.2, 0.25) is 0 Å². The number of carbonyl (C=O) groups excluding carboxylic acids is 1. The average molecular weight is 580 g/mol. The molecule has 0 saturated heterocycles. The first-order valence-electron chi connectivity index (χ1n) is 11.8. The van der Waals surface area contributed by atoms with Gasteiger partial charge in [-0.25, -0.2) is 13.4 Å². The Balaban J connectivity index is 1.35. The van der Waals surface area contributed by atoms with Gasteiger partial charge in [0.05, 0.1) is 22.2 Å². The zero-order valence-electron chi connectivity index (χ0n) is 20.6. The first-order chi connectivity index (χ1) is 18.9. The summed E-state index contributed by atoms with van der Waals surface area (Å²) in [4.78, 5) is 30.8.